The van der Waals surface area contributed by atoms with Gasteiger partial charge in [0.05, 0.1) is 30.8 Å². The molecule has 0 aromatic carbocycles. The van der Waals surface area contributed by atoms with E-state index in [1.165, 1.54) is 25.7 Å². The highest BCUT2D eigenvalue weighted by Crippen LogP contribution is 2.35. The number of ether oxygens (including phenoxy) is 3. The van der Waals surface area contributed by atoms with Gasteiger partial charge in [0.15, 0.2) is 0 Å². The van der Waals surface area contributed by atoms with Crippen LogP contribution in [0.25, 0.3) is 0 Å². The number of methoxy groups -OCH3 is 1. The Balaban J connectivity index is 1.69. The number of halogens is 1. The minimum Gasteiger partial charge on any atom is -0.382 e. The summed E-state index contributed by atoms with van der Waals surface area (Å²) in [6.45, 7) is 3.55. The molecule has 2 fully saturated rings. The molecular formula is C14H25ClO3. The van der Waals surface area contributed by atoms with Crippen LogP contribution in [0.15, 0.2) is 0 Å². The van der Waals surface area contributed by atoms with Crippen molar-refractivity contribution in [3.05, 3.63) is 0 Å². The Morgan fingerprint density at radius 3 is 2.44 bits per heavy atom. The van der Waals surface area contributed by atoms with Gasteiger partial charge in [-0.25, -0.2) is 0 Å². The SMILES string of the molecule is COCCOC1C(Cl)CC1OC1CCC(C)CC1. The molecule has 2 aliphatic rings. The van der Waals surface area contributed by atoms with Crippen molar-refractivity contribution in [2.24, 2.45) is 5.92 Å². The quantitative estimate of drug-likeness (QED) is 0.551. The fourth-order valence-corrected chi connectivity index (χ4v) is 3.16. The van der Waals surface area contributed by atoms with Crippen LogP contribution >= 0.6 is 11.6 Å². The van der Waals surface area contributed by atoms with E-state index < -0.39 is 0 Å². The zero-order valence-corrected chi connectivity index (χ0v) is 12.2. The van der Waals surface area contributed by atoms with E-state index in [4.69, 9.17) is 25.8 Å². The first-order valence-corrected chi connectivity index (χ1v) is 7.54. The molecule has 3 nitrogen and oxygen atoms in total. The third-order valence-corrected chi connectivity index (χ3v) is 4.53. The van der Waals surface area contributed by atoms with Gasteiger partial charge in [0.25, 0.3) is 0 Å². The summed E-state index contributed by atoms with van der Waals surface area (Å²) in [6.07, 6.45) is 6.55. The Labute approximate surface area is 115 Å². The third-order valence-electron chi connectivity index (χ3n) is 4.11. The van der Waals surface area contributed by atoms with Gasteiger partial charge in [-0.05, 0) is 38.0 Å². The van der Waals surface area contributed by atoms with Crippen LogP contribution in [-0.2, 0) is 14.2 Å². The van der Waals surface area contributed by atoms with Gasteiger partial charge in [-0.2, -0.15) is 0 Å². The van der Waals surface area contributed by atoms with E-state index in [1.54, 1.807) is 7.11 Å². The maximum absolute atomic E-state index is 6.18. The van der Waals surface area contributed by atoms with Crippen LogP contribution < -0.4 is 0 Å². The molecule has 0 bridgehead atoms. The predicted octanol–water partition coefficient (Wildman–Crippen LogP) is 2.99. The normalized spacial score (nSPS) is 40.5. The molecule has 0 N–H and O–H groups in total. The summed E-state index contributed by atoms with van der Waals surface area (Å²) in [5.41, 5.74) is 0. The molecular weight excluding hydrogens is 252 g/mol. The summed E-state index contributed by atoms with van der Waals surface area (Å²) in [4.78, 5) is 0. The number of rotatable bonds is 6. The second-order valence-corrected chi connectivity index (χ2v) is 6.20. The topological polar surface area (TPSA) is 27.7 Å². The lowest BCUT2D eigenvalue weighted by Crippen LogP contribution is -2.52. The minimum atomic E-state index is 0.0566. The fraction of sp³-hybridized carbons (Fsp3) is 1.00. The van der Waals surface area contributed by atoms with Gasteiger partial charge in [-0.1, -0.05) is 6.92 Å². The molecule has 2 rings (SSSR count). The first-order chi connectivity index (χ1) is 8.70. The molecule has 0 spiro atoms. The van der Waals surface area contributed by atoms with Crippen LogP contribution in [0.1, 0.15) is 39.0 Å². The number of alkyl halides is 1. The van der Waals surface area contributed by atoms with Gasteiger partial charge in [-0.15, -0.1) is 11.6 Å². The molecule has 3 unspecified atom stereocenters. The van der Waals surface area contributed by atoms with Crippen LogP contribution in [-0.4, -0.2) is 44.0 Å². The molecule has 3 atom stereocenters. The Bertz CT molecular complexity index is 241. The molecule has 2 saturated carbocycles. The second kappa shape index (κ2) is 7.09. The summed E-state index contributed by atoms with van der Waals surface area (Å²) in [7, 11) is 1.68. The Morgan fingerprint density at radius 1 is 1.11 bits per heavy atom. The average Bonchev–Trinajstić information content (AvgIpc) is 2.36. The van der Waals surface area contributed by atoms with Crippen LogP contribution in [0.4, 0.5) is 0 Å². The molecule has 0 aliphatic heterocycles. The first kappa shape index (κ1) is 14.6. The van der Waals surface area contributed by atoms with Crippen molar-refractivity contribution in [2.75, 3.05) is 20.3 Å². The van der Waals surface area contributed by atoms with Crippen molar-refractivity contribution >= 4 is 11.6 Å². The third kappa shape index (κ3) is 3.83. The largest absolute Gasteiger partial charge is 0.382 e. The van der Waals surface area contributed by atoms with Crippen LogP contribution in [0, 0.1) is 5.92 Å². The molecule has 4 heteroatoms. The molecule has 106 valence electrons. The Hall–Kier alpha value is 0.170. The first-order valence-electron chi connectivity index (χ1n) is 7.10. The Kier molecular flexibility index (Phi) is 5.74. The van der Waals surface area contributed by atoms with Gasteiger partial charge in [0.1, 0.15) is 6.10 Å². The van der Waals surface area contributed by atoms with Crippen molar-refractivity contribution in [3.8, 4) is 0 Å². The van der Waals surface area contributed by atoms with Crippen molar-refractivity contribution < 1.29 is 14.2 Å². The highest BCUT2D eigenvalue weighted by molar-refractivity contribution is 6.21. The van der Waals surface area contributed by atoms with E-state index in [-0.39, 0.29) is 17.6 Å². The highest BCUT2D eigenvalue weighted by Gasteiger charge is 2.43. The summed E-state index contributed by atoms with van der Waals surface area (Å²) in [5, 5.41) is 0.106. The summed E-state index contributed by atoms with van der Waals surface area (Å²) in [6, 6.07) is 0. The van der Waals surface area contributed by atoms with Gasteiger partial charge in [-0.3, -0.25) is 0 Å². The van der Waals surface area contributed by atoms with Crippen molar-refractivity contribution in [1.82, 2.24) is 0 Å². The zero-order chi connectivity index (χ0) is 13.0. The zero-order valence-electron chi connectivity index (χ0n) is 11.4. The van der Waals surface area contributed by atoms with Gasteiger partial charge >= 0.3 is 0 Å². The molecule has 0 aromatic rings. The van der Waals surface area contributed by atoms with Crippen LogP contribution in [0.3, 0.4) is 0 Å². The summed E-state index contributed by atoms with van der Waals surface area (Å²) in [5.74, 6) is 0.862. The van der Waals surface area contributed by atoms with Gasteiger partial charge < -0.3 is 14.2 Å². The molecule has 0 heterocycles. The standard InChI is InChI=1S/C14H25ClO3/c1-10-3-5-11(6-4-10)18-13-9-12(15)14(13)17-8-7-16-2/h10-14H,3-9H2,1-2H3. The van der Waals surface area contributed by atoms with Crippen molar-refractivity contribution in [2.45, 2.75) is 62.7 Å². The monoisotopic (exact) mass is 276 g/mol. The fourth-order valence-electron chi connectivity index (χ4n) is 2.75. The summed E-state index contributed by atoms with van der Waals surface area (Å²) < 4.78 is 16.8. The van der Waals surface area contributed by atoms with Gasteiger partial charge in [0.2, 0.25) is 0 Å². The van der Waals surface area contributed by atoms with E-state index >= 15 is 0 Å². The second-order valence-electron chi connectivity index (χ2n) is 5.64. The Morgan fingerprint density at radius 2 is 1.83 bits per heavy atom. The minimum absolute atomic E-state index is 0.0566. The molecule has 0 amide bonds. The van der Waals surface area contributed by atoms with Crippen LogP contribution in [0.5, 0.6) is 0 Å². The van der Waals surface area contributed by atoms with Crippen molar-refractivity contribution in [3.63, 3.8) is 0 Å². The molecule has 2 aliphatic carbocycles. The average molecular weight is 277 g/mol. The lowest BCUT2D eigenvalue weighted by molar-refractivity contribution is -0.158. The molecule has 0 aromatic heterocycles. The number of hydrogen-bond donors (Lipinski definition) is 0. The van der Waals surface area contributed by atoms with Crippen molar-refractivity contribution in [1.29, 1.82) is 0 Å². The lowest BCUT2D eigenvalue weighted by Gasteiger charge is -2.43. The smallest absolute Gasteiger partial charge is 0.100 e. The van der Waals surface area contributed by atoms with E-state index in [1.807, 2.05) is 0 Å². The molecule has 0 radical (unpaired) electrons. The van der Waals surface area contributed by atoms with Crippen LogP contribution in [0.2, 0.25) is 0 Å². The molecule has 0 saturated heterocycles. The summed E-state index contributed by atoms with van der Waals surface area (Å²) >= 11 is 6.18. The maximum atomic E-state index is 6.18. The van der Waals surface area contributed by atoms with E-state index in [0.717, 1.165) is 12.3 Å². The van der Waals surface area contributed by atoms with E-state index in [9.17, 15) is 0 Å². The number of hydrogen-bond acceptors (Lipinski definition) is 3. The molecule has 18 heavy (non-hydrogen) atoms. The highest BCUT2D eigenvalue weighted by atomic mass is 35.5. The van der Waals surface area contributed by atoms with Gasteiger partial charge in [0, 0.05) is 7.11 Å². The predicted molar refractivity (Wildman–Crippen MR) is 72.2 cm³/mol. The maximum Gasteiger partial charge on any atom is 0.100 e. The lowest BCUT2D eigenvalue weighted by atomic mass is 9.87. The van der Waals surface area contributed by atoms with E-state index in [2.05, 4.69) is 6.92 Å². The van der Waals surface area contributed by atoms with E-state index in [0.29, 0.717) is 19.3 Å².